The third-order valence-electron chi connectivity index (χ3n) is 4.73. The maximum Gasteiger partial charge on any atom is 0.306 e. The average molecular weight is 416 g/mol. The molecule has 0 radical (unpaired) electrons. The third-order valence-corrected chi connectivity index (χ3v) is 4.73. The summed E-state index contributed by atoms with van der Waals surface area (Å²) in [5.74, 6) is 2.53. The highest BCUT2D eigenvalue weighted by Gasteiger charge is 2.23. The number of unbranched alkanes of at least 4 members (excludes halogenated alkanes) is 1. The van der Waals surface area contributed by atoms with Gasteiger partial charge in [0.05, 0.1) is 18.9 Å². The first-order chi connectivity index (χ1) is 14.5. The predicted octanol–water partition coefficient (Wildman–Crippen LogP) is 2.99. The first-order valence-electron chi connectivity index (χ1n) is 10.2. The zero-order valence-electron chi connectivity index (χ0n) is 17.4. The Morgan fingerprint density at radius 2 is 2.13 bits per heavy atom. The molecular weight excluding hydrogens is 388 g/mol. The highest BCUT2D eigenvalue weighted by Crippen LogP contribution is 2.36. The summed E-state index contributed by atoms with van der Waals surface area (Å²) in [5, 5.41) is 14.4. The largest absolute Gasteiger partial charge is 0.466 e. The van der Waals surface area contributed by atoms with E-state index >= 15 is 0 Å². The summed E-state index contributed by atoms with van der Waals surface area (Å²) in [4.78, 5) is 16.6. The number of hydrogen-bond acceptors (Lipinski definition) is 8. The number of hydrogen-bond donors (Lipinski definition) is 2. The number of ether oxygens (including phenoxy) is 3. The van der Waals surface area contributed by atoms with E-state index < -0.39 is 0 Å². The maximum atomic E-state index is 12.1. The van der Waals surface area contributed by atoms with Gasteiger partial charge in [-0.05, 0) is 44.4 Å². The Balaban J connectivity index is 1.62. The van der Waals surface area contributed by atoms with Crippen LogP contribution in [-0.2, 0) is 22.4 Å². The summed E-state index contributed by atoms with van der Waals surface area (Å²) < 4.78 is 21.4. The molecule has 2 heterocycles. The van der Waals surface area contributed by atoms with Crippen molar-refractivity contribution in [1.82, 2.24) is 15.5 Å². The molecule has 9 nitrogen and oxygen atoms in total. The molecular formula is C21H28N4O5. The molecule has 1 atom stereocenters. The van der Waals surface area contributed by atoms with Gasteiger partial charge in [0.15, 0.2) is 17.3 Å². The van der Waals surface area contributed by atoms with Gasteiger partial charge in [0, 0.05) is 25.3 Å². The molecule has 0 saturated carbocycles. The van der Waals surface area contributed by atoms with Crippen LogP contribution in [-0.4, -0.2) is 41.9 Å². The molecule has 0 amide bonds. The second-order valence-corrected chi connectivity index (χ2v) is 7.14. The molecule has 3 rings (SSSR count). The SMILES string of the molecule is CCOC(=O)CC(Cc1nc(CCCCNC(C)=N)no1)c1ccc2c(c1)OCO2. The number of carbonyl (C=O) groups is 1. The molecule has 1 aliphatic rings. The Labute approximate surface area is 175 Å². The summed E-state index contributed by atoms with van der Waals surface area (Å²) in [6, 6.07) is 5.66. The van der Waals surface area contributed by atoms with Gasteiger partial charge in [-0.2, -0.15) is 4.98 Å². The predicted molar refractivity (Wildman–Crippen MR) is 109 cm³/mol. The van der Waals surface area contributed by atoms with Crippen molar-refractivity contribution in [2.75, 3.05) is 19.9 Å². The molecule has 0 fully saturated rings. The van der Waals surface area contributed by atoms with Gasteiger partial charge in [0.2, 0.25) is 12.7 Å². The normalized spacial score (nSPS) is 13.1. The van der Waals surface area contributed by atoms with Crippen LogP contribution < -0.4 is 14.8 Å². The van der Waals surface area contributed by atoms with Gasteiger partial charge in [-0.15, -0.1) is 0 Å². The lowest BCUT2D eigenvalue weighted by atomic mass is 9.92. The molecule has 0 spiro atoms. The fourth-order valence-corrected chi connectivity index (χ4v) is 3.27. The van der Waals surface area contributed by atoms with E-state index in [0.717, 1.165) is 24.9 Å². The third kappa shape index (κ3) is 6.20. The van der Waals surface area contributed by atoms with Crippen LogP contribution in [0.3, 0.4) is 0 Å². The van der Waals surface area contributed by atoms with E-state index in [4.69, 9.17) is 24.1 Å². The van der Waals surface area contributed by atoms with Gasteiger partial charge < -0.3 is 24.1 Å². The van der Waals surface area contributed by atoms with Crippen molar-refractivity contribution in [3.05, 3.63) is 35.5 Å². The minimum absolute atomic E-state index is 0.174. The Morgan fingerprint density at radius 3 is 2.93 bits per heavy atom. The van der Waals surface area contributed by atoms with E-state index in [1.165, 1.54) is 0 Å². The van der Waals surface area contributed by atoms with E-state index in [1.54, 1.807) is 13.8 Å². The van der Waals surface area contributed by atoms with Crippen LogP contribution in [0.15, 0.2) is 22.7 Å². The topological polar surface area (TPSA) is 120 Å². The van der Waals surface area contributed by atoms with Crippen LogP contribution in [0.5, 0.6) is 11.5 Å². The zero-order valence-corrected chi connectivity index (χ0v) is 17.4. The number of esters is 1. The molecule has 162 valence electrons. The van der Waals surface area contributed by atoms with E-state index in [1.807, 2.05) is 18.2 Å². The molecule has 0 aliphatic carbocycles. The number of rotatable bonds is 11. The number of fused-ring (bicyclic) bond motifs is 1. The summed E-state index contributed by atoms with van der Waals surface area (Å²) in [6.07, 6.45) is 3.16. The molecule has 9 heteroatoms. The Kier molecular flexibility index (Phi) is 7.64. The standard InChI is InChI=1S/C21H28N4O5/c1-3-27-21(26)12-16(15-7-8-17-18(10-15)29-13-28-17)11-20-24-19(25-30-20)6-4-5-9-23-14(2)22/h7-8,10,16H,3-6,9,11-13H2,1-2H3,(H2,22,23). The molecule has 1 unspecified atom stereocenters. The number of nitrogens with zero attached hydrogens (tertiary/aromatic N) is 2. The second-order valence-electron chi connectivity index (χ2n) is 7.14. The smallest absolute Gasteiger partial charge is 0.306 e. The number of aryl methyl sites for hydroxylation is 1. The summed E-state index contributed by atoms with van der Waals surface area (Å²) in [5.41, 5.74) is 0.931. The average Bonchev–Trinajstić information content (AvgIpc) is 3.35. The van der Waals surface area contributed by atoms with Crippen molar-refractivity contribution in [1.29, 1.82) is 5.41 Å². The fraction of sp³-hybridized carbons (Fsp3) is 0.524. The van der Waals surface area contributed by atoms with Crippen LogP contribution in [0, 0.1) is 5.41 Å². The number of amidine groups is 1. The van der Waals surface area contributed by atoms with Crippen LogP contribution in [0.2, 0.25) is 0 Å². The number of nitrogens with one attached hydrogen (secondary N) is 2. The van der Waals surface area contributed by atoms with Crippen LogP contribution >= 0.6 is 0 Å². The molecule has 2 aromatic rings. The molecule has 0 bridgehead atoms. The molecule has 1 aliphatic heterocycles. The highest BCUT2D eigenvalue weighted by atomic mass is 16.7. The van der Waals surface area contributed by atoms with Crippen molar-refractivity contribution < 1.29 is 23.5 Å². The van der Waals surface area contributed by atoms with Gasteiger partial charge in [-0.3, -0.25) is 10.2 Å². The van der Waals surface area contributed by atoms with E-state index in [0.29, 0.717) is 48.5 Å². The van der Waals surface area contributed by atoms with Crippen molar-refractivity contribution >= 4 is 11.8 Å². The lowest BCUT2D eigenvalue weighted by Crippen LogP contribution is -2.20. The maximum absolute atomic E-state index is 12.1. The van der Waals surface area contributed by atoms with Gasteiger partial charge in [0.1, 0.15) is 0 Å². The Morgan fingerprint density at radius 1 is 1.30 bits per heavy atom. The lowest BCUT2D eigenvalue weighted by Gasteiger charge is -2.15. The second kappa shape index (κ2) is 10.6. The van der Waals surface area contributed by atoms with Crippen LogP contribution in [0.25, 0.3) is 0 Å². The van der Waals surface area contributed by atoms with Gasteiger partial charge in [-0.1, -0.05) is 11.2 Å². The minimum atomic E-state index is -0.270. The number of aromatic nitrogens is 2. The van der Waals surface area contributed by atoms with Crippen molar-refractivity contribution in [3.63, 3.8) is 0 Å². The summed E-state index contributed by atoms with van der Waals surface area (Å²) >= 11 is 0. The molecule has 2 N–H and O–H groups in total. The van der Waals surface area contributed by atoms with Crippen molar-refractivity contribution in [3.8, 4) is 11.5 Å². The molecule has 0 saturated heterocycles. The number of benzene rings is 1. The first-order valence-corrected chi connectivity index (χ1v) is 10.2. The Bertz CT molecular complexity index is 867. The zero-order chi connectivity index (χ0) is 21.3. The lowest BCUT2D eigenvalue weighted by molar-refractivity contribution is -0.143. The minimum Gasteiger partial charge on any atom is -0.466 e. The van der Waals surface area contributed by atoms with Crippen LogP contribution in [0.1, 0.15) is 56.3 Å². The van der Waals surface area contributed by atoms with Gasteiger partial charge >= 0.3 is 5.97 Å². The first kappa shape index (κ1) is 21.6. The summed E-state index contributed by atoms with van der Waals surface area (Å²) in [7, 11) is 0. The van der Waals surface area contributed by atoms with Gasteiger partial charge in [0.25, 0.3) is 0 Å². The quantitative estimate of drug-likeness (QED) is 0.248. The number of carbonyl (C=O) groups excluding carboxylic acids is 1. The molecule has 1 aromatic carbocycles. The van der Waals surface area contributed by atoms with Crippen LogP contribution in [0.4, 0.5) is 0 Å². The van der Waals surface area contributed by atoms with E-state index in [2.05, 4.69) is 15.5 Å². The Hall–Kier alpha value is -3.10. The van der Waals surface area contributed by atoms with Crippen molar-refractivity contribution in [2.45, 2.75) is 51.9 Å². The monoisotopic (exact) mass is 416 g/mol. The summed E-state index contributed by atoms with van der Waals surface area (Å²) in [6.45, 7) is 4.80. The van der Waals surface area contributed by atoms with E-state index in [9.17, 15) is 4.79 Å². The molecule has 30 heavy (non-hydrogen) atoms. The van der Waals surface area contributed by atoms with Crippen molar-refractivity contribution in [2.24, 2.45) is 0 Å². The molecule has 1 aromatic heterocycles. The fourth-order valence-electron chi connectivity index (χ4n) is 3.27. The highest BCUT2D eigenvalue weighted by molar-refractivity contribution is 5.75. The van der Waals surface area contributed by atoms with E-state index in [-0.39, 0.29) is 25.1 Å². The van der Waals surface area contributed by atoms with Gasteiger partial charge in [-0.25, -0.2) is 0 Å².